The summed E-state index contributed by atoms with van der Waals surface area (Å²) in [6, 6.07) is 0.517. The Morgan fingerprint density at radius 2 is 1.91 bits per heavy atom. The van der Waals surface area contributed by atoms with Crippen molar-refractivity contribution in [3.05, 3.63) is 0 Å². The molecule has 0 aromatic heterocycles. The summed E-state index contributed by atoms with van der Waals surface area (Å²) in [7, 11) is 0. The van der Waals surface area contributed by atoms with Crippen LogP contribution in [0.4, 0.5) is 0 Å². The van der Waals surface area contributed by atoms with Gasteiger partial charge in [0.05, 0.1) is 0 Å². The molecule has 1 nitrogen and oxygen atoms in total. The zero-order valence-corrected chi connectivity index (χ0v) is 7.80. The fraction of sp³-hybridized carbons (Fsp3) is 1.00. The SMILES string of the molecule is CC1C2CC(CC2N)C1(C)C. The van der Waals surface area contributed by atoms with Crippen molar-refractivity contribution in [3.63, 3.8) is 0 Å². The van der Waals surface area contributed by atoms with E-state index in [1.165, 1.54) is 12.8 Å². The predicted molar refractivity (Wildman–Crippen MR) is 47.1 cm³/mol. The van der Waals surface area contributed by atoms with Crippen molar-refractivity contribution >= 4 is 0 Å². The summed E-state index contributed by atoms with van der Waals surface area (Å²) in [6.07, 6.45) is 2.68. The number of hydrogen-bond acceptors (Lipinski definition) is 1. The lowest BCUT2D eigenvalue weighted by atomic mass is 9.68. The number of rotatable bonds is 0. The van der Waals surface area contributed by atoms with Gasteiger partial charge in [0.15, 0.2) is 0 Å². The van der Waals surface area contributed by atoms with Gasteiger partial charge in [-0.05, 0) is 36.0 Å². The molecule has 0 saturated heterocycles. The molecule has 0 aliphatic heterocycles. The number of nitrogens with two attached hydrogens (primary N) is 1. The van der Waals surface area contributed by atoms with Gasteiger partial charge >= 0.3 is 0 Å². The van der Waals surface area contributed by atoms with E-state index in [0.29, 0.717) is 11.5 Å². The van der Waals surface area contributed by atoms with E-state index in [0.717, 1.165) is 17.8 Å². The summed E-state index contributed by atoms with van der Waals surface area (Å²) >= 11 is 0. The molecule has 0 heterocycles. The molecule has 4 unspecified atom stereocenters. The maximum absolute atomic E-state index is 6.03. The maximum atomic E-state index is 6.03. The highest BCUT2D eigenvalue weighted by Gasteiger charge is 2.53. The Balaban J connectivity index is 2.25. The summed E-state index contributed by atoms with van der Waals surface area (Å²) in [5.74, 6) is 2.59. The quantitative estimate of drug-likeness (QED) is 0.566. The summed E-state index contributed by atoms with van der Waals surface area (Å²) in [4.78, 5) is 0. The first kappa shape index (κ1) is 7.60. The van der Waals surface area contributed by atoms with E-state index in [-0.39, 0.29) is 0 Å². The number of fused-ring (bicyclic) bond motifs is 2. The smallest absolute Gasteiger partial charge is 0.00728 e. The monoisotopic (exact) mass is 153 g/mol. The molecular weight excluding hydrogens is 134 g/mol. The van der Waals surface area contributed by atoms with Crippen LogP contribution in [0.1, 0.15) is 33.6 Å². The lowest BCUT2D eigenvalue weighted by Crippen LogP contribution is -2.39. The van der Waals surface area contributed by atoms with Crippen LogP contribution in [0.2, 0.25) is 0 Å². The minimum Gasteiger partial charge on any atom is -0.327 e. The van der Waals surface area contributed by atoms with Gasteiger partial charge in [0.25, 0.3) is 0 Å². The van der Waals surface area contributed by atoms with Crippen molar-refractivity contribution in [3.8, 4) is 0 Å². The van der Waals surface area contributed by atoms with E-state index in [1.807, 2.05) is 0 Å². The van der Waals surface area contributed by atoms with Crippen LogP contribution in [0.3, 0.4) is 0 Å². The molecule has 11 heavy (non-hydrogen) atoms. The zero-order valence-electron chi connectivity index (χ0n) is 7.80. The Labute approximate surface area is 69.4 Å². The molecule has 2 aliphatic carbocycles. The Morgan fingerprint density at radius 1 is 1.27 bits per heavy atom. The lowest BCUT2D eigenvalue weighted by molar-refractivity contribution is 0.123. The Hall–Kier alpha value is -0.0400. The fourth-order valence-electron chi connectivity index (χ4n) is 3.21. The van der Waals surface area contributed by atoms with Crippen molar-refractivity contribution in [2.24, 2.45) is 28.9 Å². The average Bonchev–Trinajstić information content (AvgIpc) is 2.36. The first-order valence-corrected chi connectivity index (χ1v) is 4.79. The molecule has 4 atom stereocenters. The van der Waals surface area contributed by atoms with E-state index in [9.17, 15) is 0 Å². The highest BCUT2D eigenvalue weighted by atomic mass is 14.7. The van der Waals surface area contributed by atoms with Crippen molar-refractivity contribution in [2.45, 2.75) is 39.7 Å². The molecule has 2 rings (SSSR count). The molecule has 64 valence electrons. The average molecular weight is 153 g/mol. The second-order valence-electron chi connectivity index (χ2n) is 5.11. The van der Waals surface area contributed by atoms with Crippen LogP contribution in [0.25, 0.3) is 0 Å². The van der Waals surface area contributed by atoms with Crippen LogP contribution in [-0.2, 0) is 0 Å². The Bertz CT molecular complexity index is 170. The number of hydrogen-bond donors (Lipinski definition) is 1. The Morgan fingerprint density at radius 3 is 2.27 bits per heavy atom. The van der Waals surface area contributed by atoms with E-state index >= 15 is 0 Å². The summed E-state index contributed by atoms with van der Waals surface area (Å²) in [5, 5.41) is 0. The highest BCUT2D eigenvalue weighted by Crippen LogP contribution is 2.58. The minimum absolute atomic E-state index is 0.517. The van der Waals surface area contributed by atoms with Gasteiger partial charge in [-0.15, -0.1) is 0 Å². The third-order valence-electron chi connectivity index (χ3n) is 4.53. The van der Waals surface area contributed by atoms with Crippen molar-refractivity contribution < 1.29 is 0 Å². The van der Waals surface area contributed by atoms with E-state index in [2.05, 4.69) is 20.8 Å². The van der Waals surface area contributed by atoms with Crippen molar-refractivity contribution in [2.75, 3.05) is 0 Å². The second kappa shape index (κ2) is 2.01. The predicted octanol–water partition coefficient (Wildman–Crippen LogP) is 2.02. The first-order chi connectivity index (χ1) is 5.03. The zero-order chi connectivity index (χ0) is 8.22. The van der Waals surface area contributed by atoms with Crippen LogP contribution < -0.4 is 5.73 Å². The summed E-state index contributed by atoms with van der Waals surface area (Å²) < 4.78 is 0. The first-order valence-electron chi connectivity index (χ1n) is 4.79. The van der Waals surface area contributed by atoms with Gasteiger partial charge < -0.3 is 5.73 Å². The second-order valence-corrected chi connectivity index (χ2v) is 5.11. The van der Waals surface area contributed by atoms with Gasteiger partial charge in [0.2, 0.25) is 0 Å². The van der Waals surface area contributed by atoms with Crippen LogP contribution in [0, 0.1) is 23.2 Å². The highest BCUT2D eigenvalue weighted by molar-refractivity contribution is 5.05. The van der Waals surface area contributed by atoms with Crippen LogP contribution in [-0.4, -0.2) is 6.04 Å². The molecule has 2 saturated carbocycles. The molecule has 0 radical (unpaired) electrons. The summed E-state index contributed by atoms with van der Waals surface area (Å²) in [5.41, 5.74) is 6.60. The fourth-order valence-corrected chi connectivity index (χ4v) is 3.21. The summed E-state index contributed by atoms with van der Waals surface area (Å²) in [6.45, 7) is 7.20. The van der Waals surface area contributed by atoms with Crippen LogP contribution >= 0.6 is 0 Å². The van der Waals surface area contributed by atoms with Crippen molar-refractivity contribution in [1.82, 2.24) is 0 Å². The largest absolute Gasteiger partial charge is 0.327 e. The van der Waals surface area contributed by atoms with E-state index < -0.39 is 0 Å². The molecule has 1 heteroatoms. The van der Waals surface area contributed by atoms with E-state index in [1.54, 1.807) is 0 Å². The molecule has 2 fully saturated rings. The molecular formula is C10H19N. The minimum atomic E-state index is 0.517. The van der Waals surface area contributed by atoms with Crippen LogP contribution in [0.15, 0.2) is 0 Å². The normalized spacial score (nSPS) is 53.5. The molecule has 0 aromatic carbocycles. The molecule has 0 spiro atoms. The van der Waals surface area contributed by atoms with Crippen molar-refractivity contribution in [1.29, 1.82) is 0 Å². The third kappa shape index (κ3) is 0.807. The topological polar surface area (TPSA) is 26.0 Å². The van der Waals surface area contributed by atoms with E-state index in [4.69, 9.17) is 5.73 Å². The van der Waals surface area contributed by atoms with Gasteiger partial charge in [0, 0.05) is 6.04 Å². The van der Waals surface area contributed by atoms with Gasteiger partial charge in [-0.25, -0.2) is 0 Å². The van der Waals surface area contributed by atoms with Gasteiger partial charge in [-0.2, -0.15) is 0 Å². The van der Waals surface area contributed by atoms with Gasteiger partial charge in [-0.3, -0.25) is 0 Å². The Kier molecular flexibility index (Phi) is 1.39. The van der Waals surface area contributed by atoms with Gasteiger partial charge in [-0.1, -0.05) is 20.8 Å². The van der Waals surface area contributed by atoms with Gasteiger partial charge in [0.1, 0.15) is 0 Å². The molecule has 2 aliphatic rings. The molecule has 0 amide bonds. The standard InChI is InChI=1S/C10H19N/c1-6-8-4-7(5-9(8)11)10(6,2)3/h6-9H,4-5,11H2,1-3H3. The van der Waals surface area contributed by atoms with Crippen LogP contribution in [0.5, 0.6) is 0 Å². The maximum Gasteiger partial charge on any atom is 0.00728 e. The molecule has 2 bridgehead atoms. The third-order valence-corrected chi connectivity index (χ3v) is 4.53. The molecule has 2 N–H and O–H groups in total. The molecule has 0 aromatic rings. The lowest BCUT2D eigenvalue weighted by Gasteiger charge is -2.38.